The van der Waals surface area contributed by atoms with E-state index in [0.717, 1.165) is 0 Å². The van der Waals surface area contributed by atoms with Gasteiger partial charge in [-0.25, -0.2) is 0 Å². The van der Waals surface area contributed by atoms with Gasteiger partial charge in [-0.15, -0.1) is 0 Å². The molecule has 0 aliphatic carbocycles. The van der Waals surface area contributed by atoms with Crippen LogP contribution in [0.4, 0.5) is 0 Å². The maximum absolute atomic E-state index is 0. The zero-order valence-corrected chi connectivity index (χ0v) is 6.76. The third kappa shape index (κ3) is 9.84. The van der Waals surface area contributed by atoms with Crippen LogP contribution in [0, 0.1) is 0 Å². The quantitative estimate of drug-likeness (QED) is 0.452. The summed E-state index contributed by atoms with van der Waals surface area (Å²) >= 11 is 0. The zero-order chi connectivity index (χ0) is 0. The number of hydrogen-bond donors (Lipinski definition) is 0. The average Bonchev–Trinajstić information content (AvgIpc) is 0. The van der Waals surface area contributed by atoms with Gasteiger partial charge in [0, 0.05) is 19.5 Å². The van der Waals surface area contributed by atoms with Crippen molar-refractivity contribution in [1.29, 1.82) is 0 Å². The van der Waals surface area contributed by atoms with Crippen LogP contribution in [0.15, 0.2) is 0 Å². The van der Waals surface area contributed by atoms with Crippen LogP contribution in [-0.4, -0.2) is 0 Å². The van der Waals surface area contributed by atoms with Gasteiger partial charge in [-0.05, 0) is 0 Å². The zero-order valence-electron chi connectivity index (χ0n) is 1.88. The van der Waals surface area contributed by atoms with Gasteiger partial charge in [0.15, 0.2) is 0 Å². The normalized spacial score (nSPS) is 0. The third-order valence-corrected chi connectivity index (χ3v) is 0. The Kier molecular flexibility index (Phi) is 322. The Labute approximate surface area is 55.5 Å². The second-order valence-electron chi connectivity index (χ2n) is 0. The molecule has 0 saturated heterocycles. The molecule has 4 heteroatoms. The molecule has 0 saturated carbocycles. The van der Waals surface area contributed by atoms with E-state index in [1.807, 2.05) is 0 Å². The molecule has 1 nitrogen and oxygen atoms in total. The van der Waals surface area contributed by atoms with E-state index in [-0.39, 0.29) is 55.5 Å². The van der Waals surface area contributed by atoms with E-state index in [1.54, 1.807) is 0 Å². The molecule has 23 valence electrons. The molecule has 0 aromatic rings. The summed E-state index contributed by atoms with van der Waals surface area (Å²) in [5.74, 6) is 0. The molecule has 0 bridgehead atoms. The van der Waals surface area contributed by atoms with Gasteiger partial charge in [0.25, 0.3) is 0 Å². The van der Waals surface area contributed by atoms with Crippen LogP contribution in [0.25, 0.3) is 0 Å². The topological polar surface area (TPSA) is 28.5 Å². The Morgan fingerprint density at radius 2 is 1.00 bits per heavy atom. The van der Waals surface area contributed by atoms with Crippen LogP contribution in [-0.2, 0) is 55.5 Å². The first-order valence-electron chi connectivity index (χ1n) is 0. The second-order valence-corrected chi connectivity index (χ2v) is 0. The maximum atomic E-state index is 0. The summed E-state index contributed by atoms with van der Waals surface area (Å²) in [6.45, 7) is 0. The van der Waals surface area contributed by atoms with Crippen LogP contribution >= 0.6 is 0 Å². The molecule has 0 heterocycles. The third-order valence-electron chi connectivity index (χ3n) is 0. The van der Waals surface area contributed by atoms with E-state index >= 15 is 0 Å². The van der Waals surface area contributed by atoms with Gasteiger partial charge in [0.05, 0.1) is 0 Å². The largest absolute Gasteiger partial charge is 3.00 e. The molecule has 0 atom stereocenters. The molecule has 0 N–H and O–H groups in total. The van der Waals surface area contributed by atoms with E-state index in [0.29, 0.717) is 0 Å². The second kappa shape index (κ2) is 25.2. The average molecular weight is 169 g/mol. The predicted octanol–water partition coefficient (Wildman–Crippen LogP) is -0.126. The van der Waals surface area contributed by atoms with Gasteiger partial charge in [-0.1, -0.05) is 0 Å². The summed E-state index contributed by atoms with van der Waals surface area (Å²) in [6.07, 6.45) is 0. The molecular weight excluding hydrogens is 169 g/mol. The van der Waals surface area contributed by atoms with Gasteiger partial charge in [-0.2, -0.15) is 0 Å². The minimum atomic E-state index is 0. The fourth-order valence-electron chi connectivity index (χ4n) is 0. The first kappa shape index (κ1) is 51.2. The van der Waals surface area contributed by atoms with Crippen molar-refractivity contribution in [2.45, 2.75) is 0 Å². The van der Waals surface area contributed by atoms with Gasteiger partial charge < -0.3 is 19.0 Å². The van der Waals surface area contributed by atoms with Gasteiger partial charge in [0.1, 0.15) is 0 Å². The molecule has 0 aromatic carbocycles. The molecule has 0 spiro atoms. The van der Waals surface area contributed by atoms with Crippen LogP contribution in [0.3, 0.4) is 0 Å². The molecule has 0 amide bonds. The Balaban J connectivity index is 0. The van der Waals surface area contributed by atoms with Crippen molar-refractivity contribution < 1.29 is 42.0 Å². The Hall–Kier alpha value is 1.45. The maximum Gasteiger partial charge on any atom is 3.00 e. The van der Waals surface area contributed by atoms with Crippen LogP contribution in [0.1, 0.15) is 0 Å². The SMILES string of the molecule is [Fe+3].[O-2].[S-2].[Zn]. The summed E-state index contributed by atoms with van der Waals surface area (Å²) < 4.78 is 0. The van der Waals surface area contributed by atoms with Gasteiger partial charge >= 0.3 is 17.1 Å². The standard InChI is InChI=1S/Fe.O.S.Zn/q+3;2*-2;. The molecule has 0 aliphatic heterocycles. The smallest absolute Gasteiger partial charge is 2.00 e. The molecule has 1 radical (unpaired) electrons. The first-order chi connectivity index (χ1) is 0. The van der Waals surface area contributed by atoms with Crippen molar-refractivity contribution in [3.63, 3.8) is 0 Å². The monoisotopic (exact) mass is 168 g/mol. The van der Waals surface area contributed by atoms with Crippen LogP contribution < -0.4 is 0 Å². The predicted molar refractivity (Wildman–Crippen MR) is 8.05 cm³/mol. The van der Waals surface area contributed by atoms with E-state index in [2.05, 4.69) is 0 Å². The summed E-state index contributed by atoms with van der Waals surface area (Å²) in [5, 5.41) is 0. The molecule has 0 unspecified atom stereocenters. The van der Waals surface area contributed by atoms with Crippen molar-refractivity contribution in [3.8, 4) is 0 Å². The summed E-state index contributed by atoms with van der Waals surface area (Å²) in [5.41, 5.74) is 0. The number of rotatable bonds is 0. The summed E-state index contributed by atoms with van der Waals surface area (Å²) in [7, 11) is 0. The fourth-order valence-corrected chi connectivity index (χ4v) is 0. The fraction of sp³-hybridized carbons (Fsp3) is 0. The molecule has 0 aromatic heterocycles. The molecule has 4 heavy (non-hydrogen) atoms. The van der Waals surface area contributed by atoms with E-state index in [1.165, 1.54) is 0 Å². The number of hydrogen-bond acceptors (Lipinski definition) is 0. The molecule has 0 rings (SSSR count). The Morgan fingerprint density at radius 3 is 1.00 bits per heavy atom. The van der Waals surface area contributed by atoms with E-state index < -0.39 is 0 Å². The van der Waals surface area contributed by atoms with Crippen molar-refractivity contribution in [3.05, 3.63) is 0 Å². The van der Waals surface area contributed by atoms with Gasteiger partial charge in [-0.3, -0.25) is 0 Å². The van der Waals surface area contributed by atoms with E-state index in [4.69, 9.17) is 0 Å². The minimum absolute atomic E-state index is 0. The minimum Gasteiger partial charge on any atom is -2.00 e. The first-order valence-corrected chi connectivity index (χ1v) is 0. The molecule has 0 fully saturated rings. The molecular formula is FeOSZn-. The van der Waals surface area contributed by atoms with Crippen molar-refractivity contribution in [1.82, 2.24) is 0 Å². The van der Waals surface area contributed by atoms with Crippen LogP contribution in [0.2, 0.25) is 0 Å². The Morgan fingerprint density at radius 1 is 1.00 bits per heavy atom. The van der Waals surface area contributed by atoms with Crippen molar-refractivity contribution in [2.24, 2.45) is 0 Å². The van der Waals surface area contributed by atoms with Crippen molar-refractivity contribution in [2.75, 3.05) is 0 Å². The van der Waals surface area contributed by atoms with Crippen molar-refractivity contribution >= 4 is 13.5 Å². The Bertz CT molecular complexity index is 8.00. The summed E-state index contributed by atoms with van der Waals surface area (Å²) in [6, 6.07) is 0. The van der Waals surface area contributed by atoms with Crippen LogP contribution in [0.5, 0.6) is 0 Å². The summed E-state index contributed by atoms with van der Waals surface area (Å²) in [4.78, 5) is 0. The van der Waals surface area contributed by atoms with Gasteiger partial charge in [0.2, 0.25) is 0 Å². The van der Waals surface area contributed by atoms with E-state index in [9.17, 15) is 0 Å². The molecule has 0 aliphatic rings.